The van der Waals surface area contributed by atoms with Gasteiger partial charge in [0.25, 0.3) is 5.91 Å². The number of benzene rings is 1. The fourth-order valence-corrected chi connectivity index (χ4v) is 2.55. The molecule has 0 aliphatic carbocycles. The number of amides is 1. The number of hydrogen-bond acceptors (Lipinski definition) is 5. The zero-order valence-corrected chi connectivity index (χ0v) is 12.7. The zero-order valence-electron chi connectivity index (χ0n) is 12.7. The lowest BCUT2D eigenvalue weighted by atomic mass is 10.1. The van der Waals surface area contributed by atoms with Gasteiger partial charge in [-0.25, -0.2) is 4.79 Å². The van der Waals surface area contributed by atoms with E-state index in [2.05, 4.69) is 4.90 Å². The van der Waals surface area contributed by atoms with Gasteiger partial charge in [0.15, 0.2) is 0 Å². The summed E-state index contributed by atoms with van der Waals surface area (Å²) in [5, 5.41) is 0.706. The monoisotopic (exact) mass is 302 g/mol. The Balaban J connectivity index is 1.95. The molecule has 0 bridgehead atoms. The van der Waals surface area contributed by atoms with Gasteiger partial charge in [-0.3, -0.25) is 4.79 Å². The zero-order chi connectivity index (χ0) is 15.7. The molecule has 0 saturated carbocycles. The molecule has 0 radical (unpaired) electrons. The lowest BCUT2D eigenvalue weighted by Crippen LogP contribution is -2.48. The van der Waals surface area contributed by atoms with Gasteiger partial charge < -0.3 is 19.0 Å². The van der Waals surface area contributed by atoms with Crippen LogP contribution in [0.15, 0.2) is 33.5 Å². The molecule has 6 heteroatoms. The second-order valence-corrected chi connectivity index (χ2v) is 5.45. The predicted octanol–water partition coefficient (Wildman–Crippen LogP) is 1.19. The standard InChI is InChI=1S/C16H18N2O4/c1-17-5-7-18(8-6-17)15(19)13-9-11-3-4-12(21-2)10-14(11)22-16(13)20/h3-4,9-10H,5-8H2,1-2H3. The van der Waals surface area contributed by atoms with E-state index in [0.29, 0.717) is 29.8 Å². The molecule has 3 rings (SSSR count). The molecular formula is C16H18N2O4. The van der Waals surface area contributed by atoms with E-state index in [9.17, 15) is 9.59 Å². The number of ether oxygens (including phenoxy) is 1. The summed E-state index contributed by atoms with van der Waals surface area (Å²) in [5.41, 5.74) is -0.105. The largest absolute Gasteiger partial charge is 0.497 e. The van der Waals surface area contributed by atoms with Crippen LogP contribution < -0.4 is 10.4 Å². The normalized spacial score (nSPS) is 16.0. The van der Waals surface area contributed by atoms with Gasteiger partial charge in [0, 0.05) is 37.6 Å². The minimum atomic E-state index is -0.607. The molecule has 0 N–H and O–H groups in total. The lowest BCUT2D eigenvalue weighted by molar-refractivity contribution is 0.0660. The van der Waals surface area contributed by atoms with Gasteiger partial charge in [-0.2, -0.15) is 0 Å². The first-order valence-electron chi connectivity index (χ1n) is 7.18. The van der Waals surface area contributed by atoms with Crippen LogP contribution in [0.25, 0.3) is 11.0 Å². The van der Waals surface area contributed by atoms with Crippen molar-refractivity contribution in [3.05, 3.63) is 40.2 Å². The van der Waals surface area contributed by atoms with Crippen molar-refractivity contribution in [3.8, 4) is 5.75 Å². The van der Waals surface area contributed by atoms with E-state index in [1.807, 2.05) is 7.05 Å². The smallest absolute Gasteiger partial charge is 0.349 e. The Kier molecular flexibility index (Phi) is 3.85. The topological polar surface area (TPSA) is 63.0 Å². The summed E-state index contributed by atoms with van der Waals surface area (Å²) >= 11 is 0. The number of likely N-dealkylation sites (N-methyl/N-ethyl adjacent to an activating group) is 1. The number of methoxy groups -OCH3 is 1. The Hall–Kier alpha value is -2.34. The minimum Gasteiger partial charge on any atom is -0.497 e. The fraction of sp³-hybridized carbons (Fsp3) is 0.375. The van der Waals surface area contributed by atoms with Crippen molar-refractivity contribution in [1.29, 1.82) is 0 Å². The summed E-state index contributed by atoms with van der Waals surface area (Å²) in [6.07, 6.45) is 0. The first kappa shape index (κ1) is 14.6. The number of hydrogen-bond donors (Lipinski definition) is 0. The first-order valence-corrected chi connectivity index (χ1v) is 7.18. The van der Waals surface area contributed by atoms with E-state index in [0.717, 1.165) is 13.1 Å². The molecule has 1 aliphatic rings. The lowest BCUT2D eigenvalue weighted by Gasteiger charge is -2.32. The van der Waals surface area contributed by atoms with Crippen LogP contribution in [0, 0.1) is 0 Å². The third-order valence-electron chi connectivity index (χ3n) is 3.96. The van der Waals surface area contributed by atoms with E-state index in [-0.39, 0.29) is 11.5 Å². The highest BCUT2D eigenvalue weighted by molar-refractivity contribution is 5.96. The molecule has 1 saturated heterocycles. The van der Waals surface area contributed by atoms with Crippen molar-refractivity contribution in [1.82, 2.24) is 9.80 Å². The van der Waals surface area contributed by atoms with E-state index in [4.69, 9.17) is 9.15 Å². The van der Waals surface area contributed by atoms with Gasteiger partial charge in [-0.15, -0.1) is 0 Å². The molecule has 1 aliphatic heterocycles. The maximum Gasteiger partial charge on any atom is 0.349 e. The van der Waals surface area contributed by atoms with Crippen LogP contribution in [-0.2, 0) is 0 Å². The van der Waals surface area contributed by atoms with Gasteiger partial charge in [0.1, 0.15) is 16.9 Å². The summed E-state index contributed by atoms with van der Waals surface area (Å²) in [6, 6.07) is 6.78. The summed E-state index contributed by atoms with van der Waals surface area (Å²) in [6.45, 7) is 2.86. The van der Waals surface area contributed by atoms with Crippen LogP contribution in [0.2, 0.25) is 0 Å². The van der Waals surface area contributed by atoms with E-state index < -0.39 is 5.63 Å². The van der Waals surface area contributed by atoms with Crippen molar-refractivity contribution >= 4 is 16.9 Å². The molecule has 1 amide bonds. The number of fused-ring (bicyclic) bond motifs is 1. The van der Waals surface area contributed by atoms with Gasteiger partial charge in [0.05, 0.1) is 7.11 Å². The van der Waals surface area contributed by atoms with Gasteiger partial charge in [-0.1, -0.05) is 0 Å². The summed E-state index contributed by atoms with van der Waals surface area (Å²) < 4.78 is 10.4. The van der Waals surface area contributed by atoms with Gasteiger partial charge in [0.2, 0.25) is 0 Å². The minimum absolute atomic E-state index is 0.0854. The Morgan fingerprint density at radius 3 is 2.59 bits per heavy atom. The van der Waals surface area contributed by atoms with Crippen molar-refractivity contribution < 1.29 is 13.9 Å². The van der Waals surface area contributed by atoms with Crippen LogP contribution in [0.4, 0.5) is 0 Å². The first-order chi connectivity index (χ1) is 10.6. The molecule has 22 heavy (non-hydrogen) atoms. The van der Waals surface area contributed by atoms with E-state index >= 15 is 0 Å². The predicted molar refractivity (Wildman–Crippen MR) is 82.4 cm³/mol. The number of piperazine rings is 1. The maximum atomic E-state index is 12.5. The molecule has 0 atom stereocenters. The van der Waals surface area contributed by atoms with E-state index in [1.54, 1.807) is 36.3 Å². The van der Waals surface area contributed by atoms with Crippen molar-refractivity contribution in [3.63, 3.8) is 0 Å². The molecule has 1 aromatic carbocycles. The maximum absolute atomic E-state index is 12.5. The molecule has 1 aromatic heterocycles. The molecule has 0 unspecified atom stereocenters. The van der Waals surface area contributed by atoms with Crippen LogP contribution in [0.5, 0.6) is 5.75 Å². The molecule has 0 spiro atoms. The Morgan fingerprint density at radius 1 is 1.18 bits per heavy atom. The molecule has 2 aromatic rings. The van der Waals surface area contributed by atoms with Crippen LogP contribution in [-0.4, -0.2) is 56.0 Å². The summed E-state index contributed by atoms with van der Waals surface area (Å²) in [4.78, 5) is 28.5. The van der Waals surface area contributed by atoms with Crippen LogP contribution in [0.3, 0.4) is 0 Å². The number of rotatable bonds is 2. The van der Waals surface area contributed by atoms with Crippen molar-refractivity contribution in [2.75, 3.05) is 40.3 Å². The SMILES string of the molecule is COc1ccc2cc(C(=O)N3CCN(C)CC3)c(=O)oc2c1. The second kappa shape index (κ2) is 5.81. The molecule has 116 valence electrons. The Morgan fingerprint density at radius 2 is 1.91 bits per heavy atom. The number of carbonyl (C=O) groups is 1. The summed E-state index contributed by atoms with van der Waals surface area (Å²) in [5.74, 6) is 0.341. The quantitative estimate of drug-likeness (QED) is 0.780. The third kappa shape index (κ3) is 2.69. The number of carbonyl (C=O) groups excluding carboxylic acids is 1. The van der Waals surface area contributed by atoms with Crippen molar-refractivity contribution in [2.24, 2.45) is 0 Å². The highest BCUT2D eigenvalue weighted by Crippen LogP contribution is 2.20. The molecular weight excluding hydrogens is 284 g/mol. The summed E-state index contributed by atoms with van der Waals surface area (Å²) in [7, 11) is 3.56. The van der Waals surface area contributed by atoms with Crippen LogP contribution in [0.1, 0.15) is 10.4 Å². The van der Waals surface area contributed by atoms with Crippen molar-refractivity contribution in [2.45, 2.75) is 0 Å². The van der Waals surface area contributed by atoms with Gasteiger partial charge >= 0.3 is 5.63 Å². The fourth-order valence-electron chi connectivity index (χ4n) is 2.55. The van der Waals surface area contributed by atoms with E-state index in [1.165, 1.54) is 0 Å². The molecule has 1 fully saturated rings. The average Bonchev–Trinajstić information content (AvgIpc) is 2.53. The molecule has 6 nitrogen and oxygen atoms in total. The number of nitrogens with zero attached hydrogens (tertiary/aromatic N) is 2. The Labute approximate surface area is 127 Å². The average molecular weight is 302 g/mol. The highest BCUT2D eigenvalue weighted by Gasteiger charge is 2.23. The second-order valence-electron chi connectivity index (χ2n) is 5.45. The molecule has 2 heterocycles. The Bertz CT molecular complexity index is 760. The van der Waals surface area contributed by atoms with Crippen LogP contribution >= 0.6 is 0 Å². The third-order valence-corrected chi connectivity index (χ3v) is 3.96. The highest BCUT2D eigenvalue weighted by atomic mass is 16.5. The van der Waals surface area contributed by atoms with Gasteiger partial charge in [-0.05, 0) is 25.2 Å².